The number of nitrogens with one attached hydrogen (secondary N) is 1. The number of hydrogen-bond donors (Lipinski definition) is 1. The Morgan fingerprint density at radius 2 is 2.29 bits per heavy atom. The second-order valence-electron chi connectivity index (χ2n) is 5.35. The molecule has 0 saturated carbocycles. The highest BCUT2D eigenvalue weighted by molar-refractivity contribution is 5.99. The summed E-state index contributed by atoms with van der Waals surface area (Å²) in [4.78, 5) is 16.7. The molecule has 1 N–H and O–H groups in total. The fourth-order valence-corrected chi connectivity index (χ4v) is 3.10. The summed E-state index contributed by atoms with van der Waals surface area (Å²) in [7, 11) is 0. The fourth-order valence-electron chi connectivity index (χ4n) is 3.10. The van der Waals surface area contributed by atoms with Crippen molar-refractivity contribution in [2.45, 2.75) is 38.8 Å². The molecule has 108 valence electrons. The summed E-state index contributed by atoms with van der Waals surface area (Å²) in [6, 6.07) is -0.216. The summed E-state index contributed by atoms with van der Waals surface area (Å²) in [6.45, 7) is 2.84. The molecule has 3 heterocycles. The molecule has 0 aromatic carbocycles. The molecule has 0 unspecified atom stereocenters. The molecule has 0 amide bonds. The molecule has 0 saturated heterocycles. The molecule has 0 fully saturated rings. The minimum Gasteiger partial charge on any atom is -0.328 e. The van der Waals surface area contributed by atoms with E-state index < -0.39 is 0 Å². The normalized spacial score (nSPS) is 21.0. The van der Waals surface area contributed by atoms with Crippen LogP contribution in [0.3, 0.4) is 0 Å². The maximum absolute atomic E-state index is 12.4. The van der Waals surface area contributed by atoms with Crippen LogP contribution < -0.4 is 5.32 Å². The monoisotopic (exact) mass is 284 g/mol. The molecule has 1 atom stereocenters. The Kier molecular flexibility index (Phi) is 2.66. The van der Waals surface area contributed by atoms with E-state index in [1.165, 1.54) is 6.33 Å². The van der Waals surface area contributed by atoms with Gasteiger partial charge in [0, 0.05) is 36.0 Å². The van der Waals surface area contributed by atoms with Gasteiger partial charge in [-0.3, -0.25) is 9.48 Å². The van der Waals surface area contributed by atoms with Crippen LogP contribution in [0.4, 0.5) is 5.95 Å². The third-order valence-electron chi connectivity index (χ3n) is 4.10. The smallest absolute Gasteiger partial charge is 0.226 e. The van der Waals surface area contributed by atoms with E-state index in [4.69, 9.17) is 0 Å². The number of aryl methyl sites for hydroxylation is 1. The Balaban J connectivity index is 1.88. The van der Waals surface area contributed by atoms with Gasteiger partial charge in [0.1, 0.15) is 12.4 Å². The lowest BCUT2D eigenvalue weighted by Crippen LogP contribution is -2.31. The summed E-state index contributed by atoms with van der Waals surface area (Å²) in [5.74, 6) is 0.886. The van der Waals surface area contributed by atoms with Crippen LogP contribution in [0, 0.1) is 0 Å². The van der Waals surface area contributed by atoms with Gasteiger partial charge in [0.25, 0.3) is 0 Å². The molecule has 7 heteroatoms. The molecule has 0 spiro atoms. The zero-order valence-corrected chi connectivity index (χ0v) is 11.8. The van der Waals surface area contributed by atoms with Gasteiger partial charge in [0.2, 0.25) is 5.95 Å². The predicted octanol–water partition coefficient (Wildman–Crippen LogP) is 1.52. The number of aromatic nitrogens is 5. The number of ketones is 1. The summed E-state index contributed by atoms with van der Waals surface area (Å²) in [6.07, 6.45) is 7.68. The first kappa shape index (κ1) is 12.3. The van der Waals surface area contributed by atoms with Gasteiger partial charge in [-0.05, 0) is 19.8 Å². The Morgan fingerprint density at radius 1 is 1.38 bits per heavy atom. The van der Waals surface area contributed by atoms with Crippen LogP contribution in [0.15, 0.2) is 30.0 Å². The van der Waals surface area contributed by atoms with E-state index in [1.54, 1.807) is 4.68 Å². The second-order valence-corrected chi connectivity index (χ2v) is 5.35. The lowest BCUT2D eigenvalue weighted by Gasteiger charge is -2.31. The van der Waals surface area contributed by atoms with Gasteiger partial charge in [-0.15, -0.1) is 0 Å². The predicted molar refractivity (Wildman–Crippen MR) is 75.6 cm³/mol. The zero-order valence-electron chi connectivity index (χ0n) is 11.8. The van der Waals surface area contributed by atoms with Crippen LogP contribution in [0.5, 0.6) is 0 Å². The third-order valence-corrected chi connectivity index (χ3v) is 4.10. The molecule has 1 aliphatic carbocycles. The second kappa shape index (κ2) is 4.54. The van der Waals surface area contributed by atoms with Crippen molar-refractivity contribution in [2.75, 3.05) is 5.32 Å². The van der Waals surface area contributed by atoms with Crippen molar-refractivity contribution >= 4 is 11.7 Å². The SMILES string of the molecule is CCn1cc([C@H]2C3=C(CCCC3=O)Nc3ncnn32)cn1. The van der Waals surface area contributed by atoms with Crippen LogP contribution in [0.25, 0.3) is 0 Å². The number of anilines is 1. The molecule has 2 aliphatic rings. The summed E-state index contributed by atoms with van der Waals surface area (Å²) < 4.78 is 3.64. The topological polar surface area (TPSA) is 77.6 Å². The number of Topliss-reactive ketones (excluding diaryl/α,β-unsaturated/α-hetero) is 1. The van der Waals surface area contributed by atoms with Gasteiger partial charge < -0.3 is 5.32 Å². The minimum atomic E-state index is -0.216. The number of allylic oxidation sites excluding steroid dienone is 2. The van der Waals surface area contributed by atoms with Crippen LogP contribution in [0.1, 0.15) is 37.8 Å². The van der Waals surface area contributed by atoms with Gasteiger partial charge in [-0.2, -0.15) is 15.2 Å². The fraction of sp³-hybridized carbons (Fsp3) is 0.429. The first-order valence-electron chi connectivity index (χ1n) is 7.23. The largest absolute Gasteiger partial charge is 0.328 e. The van der Waals surface area contributed by atoms with Gasteiger partial charge in [0.15, 0.2) is 5.78 Å². The van der Waals surface area contributed by atoms with Crippen LogP contribution in [-0.4, -0.2) is 30.3 Å². The first-order chi connectivity index (χ1) is 10.3. The number of rotatable bonds is 2. The van der Waals surface area contributed by atoms with E-state index in [1.807, 2.05) is 24.0 Å². The van der Waals surface area contributed by atoms with E-state index in [9.17, 15) is 4.79 Å². The standard InChI is InChI=1S/C14H16N6O/c1-2-19-7-9(6-16-19)13-12-10(4-3-5-11(12)21)18-14-15-8-17-20(13)14/h6-8,13H,2-5H2,1H3,(H,15,17,18)/t13-/m0/s1. The van der Waals surface area contributed by atoms with Gasteiger partial charge >= 0.3 is 0 Å². The van der Waals surface area contributed by atoms with Crippen molar-refractivity contribution in [3.8, 4) is 0 Å². The molecular weight excluding hydrogens is 268 g/mol. The Morgan fingerprint density at radius 3 is 3.10 bits per heavy atom. The summed E-state index contributed by atoms with van der Waals surface area (Å²) in [5.41, 5.74) is 2.78. The van der Waals surface area contributed by atoms with Crippen molar-refractivity contribution in [3.05, 3.63) is 35.6 Å². The molecule has 2 aromatic heterocycles. The minimum absolute atomic E-state index is 0.194. The lowest BCUT2D eigenvalue weighted by atomic mass is 9.86. The molecule has 0 bridgehead atoms. The van der Waals surface area contributed by atoms with E-state index in [2.05, 4.69) is 20.5 Å². The van der Waals surface area contributed by atoms with Crippen molar-refractivity contribution in [1.29, 1.82) is 0 Å². The molecule has 21 heavy (non-hydrogen) atoms. The van der Waals surface area contributed by atoms with E-state index in [0.29, 0.717) is 12.4 Å². The van der Waals surface area contributed by atoms with Gasteiger partial charge in [-0.1, -0.05) is 0 Å². The lowest BCUT2D eigenvalue weighted by molar-refractivity contribution is -0.116. The number of nitrogens with zero attached hydrogens (tertiary/aromatic N) is 5. The summed E-state index contributed by atoms with van der Waals surface area (Å²) >= 11 is 0. The highest BCUT2D eigenvalue weighted by atomic mass is 16.1. The first-order valence-corrected chi connectivity index (χ1v) is 7.23. The highest BCUT2D eigenvalue weighted by Crippen LogP contribution is 2.39. The highest BCUT2D eigenvalue weighted by Gasteiger charge is 2.36. The molecule has 0 radical (unpaired) electrons. The zero-order chi connectivity index (χ0) is 14.4. The van der Waals surface area contributed by atoms with E-state index in [0.717, 1.165) is 36.2 Å². The quantitative estimate of drug-likeness (QED) is 0.904. The third kappa shape index (κ3) is 1.80. The van der Waals surface area contributed by atoms with Crippen LogP contribution in [0.2, 0.25) is 0 Å². The Hall–Kier alpha value is -2.44. The molecule has 7 nitrogen and oxygen atoms in total. The van der Waals surface area contributed by atoms with Crippen molar-refractivity contribution in [3.63, 3.8) is 0 Å². The average molecular weight is 284 g/mol. The number of carbonyl (C=O) groups excluding carboxylic acids is 1. The molecule has 4 rings (SSSR count). The van der Waals surface area contributed by atoms with Gasteiger partial charge in [0.05, 0.1) is 6.20 Å². The number of carbonyl (C=O) groups is 1. The van der Waals surface area contributed by atoms with Crippen molar-refractivity contribution in [2.24, 2.45) is 0 Å². The van der Waals surface area contributed by atoms with E-state index >= 15 is 0 Å². The van der Waals surface area contributed by atoms with Crippen LogP contribution in [-0.2, 0) is 11.3 Å². The van der Waals surface area contributed by atoms with Crippen molar-refractivity contribution < 1.29 is 4.79 Å². The maximum Gasteiger partial charge on any atom is 0.226 e. The molecule has 2 aromatic rings. The van der Waals surface area contributed by atoms with Crippen LogP contribution >= 0.6 is 0 Å². The number of hydrogen-bond acceptors (Lipinski definition) is 5. The summed E-state index contributed by atoms with van der Waals surface area (Å²) in [5, 5.41) is 11.9. The molecule has 1 aliphatic heterocycles. The Bertz CT molecular complexity index is 740. The number of fused-ring (bicyclic) bond motifs is 1. The molecular formula is C14H16N6O. The Labute approximate surface area is 121 Å². The maximum atomic E-state index is 12.4. The van der Waals surface area contributed by atoms with Crippen molar-refractivity contribution in [1.82, 2.24) is 24.5 Å². The van der Waals surface area contributed by atoms with E-state index in [-0.39, 0.29) is 11.8 Å². The van der Waals surface area contributed by atoms with Gasteiger partial charge in [-0.25, -0.2) is 4.68 Å². The average Bonchev–Trinajstić information content (AvgIpc) is 3.14.